The van der Waals surface area contributed by atoms with Gasteiger partial charge in [0.25, 0.3) is 0 Å². The van der Waals surface area contributed by atoms with Crippen LogP contribution in [0.15, 0.2) is 33.4 Å². The van der Waals surface area contributed by atoms with Crippen LogP contribution in [0.4, 0.5) is 8.78 Å². The first-order chi connectivity index (χ1) is 7.99. The zero-order chi connectivity index (χ0) is 12.6. The molecule has 0 saturated carbocycles. The lowest BCUT2D eigenvalue weighted by molar-refractivity contribution is 0.487. The van der Waals surface area contributed by atoms with Crippen molar-refractivity contribution < 1.29 is 13.2 Å². The van der Waals surface area contributed by atoms with Gasteiger partial charge in [0.15, 0.2) is 4.67 Å². The predicted molar refractivity (Wildman–Crippen MR) is 65.2 cm³/mol. The fourth-order valence-corrected chi connectivity index (χ4v) is 2.10. The van der Waals surface area contributed by atoms with Crippen molar-refractivity contribution in [1.82, 2.24) is 0 Å². The van der Waals surface area contributed by atoms with Gasteiger partial charge in [-0.1, -0.05) is 0 Å². The summed E-state index contributed by atoms with van der Waals surface area (Å²) in [6, 6.07) is 5.52. The maximum absolute atomic E-state index is 13.6. The van der Waals surface area contributed by atoms with E-state index in [2.05, 4.69) is 15.9 Å². The van der Waals surface area contributed by atoms with Crippen LogP contribution in [0.5, 0.6) is 0 Å². The Morgan fingerprint density at radius 3 is 2.53 bits per heavy atom. The number of rotatable bonds is 2. The van der Waals surface area contributed by atoms with Gasteiger partial charge in [0.05, 0.1) is 0 Å². The van der Waals surface area contributed by atoms with E-state index >= 15 is 0 Å². The molecule has 0 fully saturated rings. The fourth-order valence-electron chi connectivity index (χ4n) is 1.49. The van der Waals surface area contributed by atoms with Crippen molar-refractivity contribution in [3.8, 4) is 0 Å². The molecule has 0 amide bonds. The molecule has 0 aliphatic heterocycles. The second kappa shape index (κ2) is 4.78. The highest BCUT2D eigenvalue weighted by Crippen LogP contribution is 2.33. The second-order valence-corrected chi connectivity index (χ2v) is 4.85. The highest BCUT2D eigenvalue weighted by atomic mass is 79.9. The summed E-state index contributed by atoms with van der Waals surface area (Å²) in [5.41, 5.74) is 0.546. The van der Waals surface area contributed by atoms with E-state index in [0.29, 0.717) is 16.0 Å². The lowest BCUT2D eigenvalue weighted by Crippen LogP contribution is -1.98. The first-order valence-electron chi connectivity index (χ1n) is 4.84. The molecule has 0 N–H and O–H groups in total. The standard InChI is InChI=1S/C12H8BrClF2O/c1-6-4-7(9(16)5-8(6)15)12(14)10-2-3-11(13)17-10/h2-5,12H,1H3. The Balaban J connectivity index is 2.43. The van der Waals surface area contributed by atoms with Crippen molar-refractivity contribution in [2.75, 3.05) is 0 Å². The SMILES string of the molecule is Cc1cc(C(Cl)c2ccc(Br)o2)c(F)cc1F. The van der Waals surface area contributed by atoms with Gasteiger partial charge >= 0.3 is 0 Å². The average Bonchev–Trinajstić information content (AvgIpc) is 2.69. The normalized spacial score (nSPS) is 12.8. The summed E-state index contributed by atoms with van der Waals surface area (Å²) in [5.74, 6) is -0.861. The minimum atomic E-state index is -0.777. The van der Waals surface area contributed by atoms with Gasteiger partial charge in [-0.2, -0.15) is 0 Å². The lowest BCUT2D eigenvalue weighted by atomic mass is 10.1. The van der Waals surface area contributed by atoms with Gasteiger partial charge in [-0.05, 0) is 46.6 Å². The van der Waals surface area contributed by atoms with E-state index in [-0.39, 0.29) is 5.56 Å². The van der Waals surface area contributed by atoms with Crippen LogP contribution < -0.4 is 0 Å². The Morgan fingerprint density at radius 1 is 1.24 bits per heavy atom. The molecule has 0 aliphatic carbocycles. The molecule has 0 spiro atoms. The van der Waals surface area contributed by atoms with Gasteiger partial charge in [0, 0.05) is 11.6 Å². The molecule has 1 aromatic heterocycles. The first-order valence-corrected chi connectivity index (χ1v) is 6.07. The van der Waals surface area contributed by atoms with Crippen molar-refractivity contribution >= 4 is 27.5 Å². The monoisotopic (exact) mass is 320 g/mol. The smallest absolute Gasteiger partial charge is 0.169 e. The molecule has 2 rings (SSSR count). The van der Waals surface area contributed by atoms with Crippen molar-refractivity contribution in [1.29, 1.82) is 0 Å². The molecule has 1 heterocycles. The number of benzene rings is 1. The van der Waals surface area contributed by atoms with Crippen LogP contribution in [0.1, 0.15) is 22.3 Å². The van der Waals surface area contributed by atoms with E-state index < -0.39 is 17.0 Å². The largest absolute Gasteiger partial charge is 0.452 e. The predicted octanol–water partition coefficient (Wildman–Crippen LogP) is 4.96. The van der Waals surface area contributed by atoms with Gasteiger partial charge in [0.1, 0.15) is 22.8 Å². The van der Waals surface area contributed by atoms with Crippen LogP contribution in [-0.2, 0) is 0 Å². The third kappa shape index (κ3) is 2.53. The number of hydrogen-bond donors (Lipinski definition) is 0. The van der Waals surface area contributed by atoms with Crippen molar-refractivity contribution in [3.63, 3.8) is 0 Å². The summed E-state index contributed by atoms with van der Waals surface area (Å²) in [6.45, 7) is 1.56. The van der Waals surface area contributed by atoms with Gasteiger partial charge in [0.2, 0.25) is 0 Å². The van der Waals surface area contributed by atoms with E-state index in [0.717, 1.165) is 6.07 Å². The van der Waals surface area contributed by atoms with Gasteiger partial charge in [-0.3, -0.25) is 0 Å². The molecule has 5 heteroatoms. The maximum Gasteiger partial charge on any atom is 0.169 e. The van der Waals surface area contributed by atoms with Crippen LogP contribution in [0.3, 0.4) is 0 Å². The molecule has 2 aromatic rings. The number of halogens is 4. The third-order valence-corrected chi connectivity index (χ3v) is 3.27. The summed E-state index contributed by atoms with van der Waals surface area (Å²) in [6.07, 6.45) is 0. The summed E-state index contributed by atoms with van der Waals surface area (Å²) >= 11 is 9.24. The van der Waals surface area contributed by atoms with Crippen LogP contribution in [0, 0.1) is 18.6 Å². The summed E-state index contributed by atoms with van der Waals surface area (Å²) < 4.78 is 32.5. The Labute approximate surface area is 111 Å². The van der Waals surface area contributed by atoms with Gasteiger partial charge < -0.3 is 4.42 Å². The number of aryl methyl sites for hydroxylation is 1. The first kappa shape index (κ1) is 12.6. The third-order valence-electron chi connectivity index (χ3n) is 2.39. The molecule has 0 radical (unpaired) electrons. The minimum absolute atomic E-state index is 0.201. The summed E-state index contributed by atoms with van der Waals surface area (Å²) in [4.78, 5) is 0. The molecule has 0 aliphatic rings. The Hall–Kier alpha value is -0.870. The molecular weight excluding hydrogens is 313 g/mol. The van der Waals surface area contributed by atoms with Gasteiger partial charge in [-0.15, -0.1) is 11.6 Å². The topological polar surface area (TPSA) is 13.1 Å². The van der Waals surface area contributed by atoms with Crippen LogP contribution in [-0.4, -0.2) is 0 Å². The highest BCUT2D eigenvalue weighted by molar-refractivity contribution is 9.10. The molecule has 17 heavy (non-hydrogen) atoms. The lowest BCUT2D eigenvalue weighted by Gasteiger charge is -2.09. The van der Waals surface area contributed by atoms with E-state index in [1.54, 1.807) is 19.1 Å². The minimum Gasteiger partial charge on any atom is -0.452 e. The number of furan rings is 1. The maximum atomic E-state index is 13.6. The Bertz CT molecular complexity index is 553. The van der Waals surface area contributed by atoms with E-state index in [9.17, 15) is 8.78 Å². The zero-order valence-electron chi connectivity index (χ0n) is 8.81. The van der Waals surface area contributed by atoms with Gasteiger partial charge in [-0.25, -0.2) is 8.78 Å². The quantitative estimate of drug-likeness (QED) is 0.713. The molecule has 0 bridgehead atoms. The average molecular weight is 322 g/mol. The van der Waals surface area contributed by atoms with E-state index in [1.807, 2.05) is 0 Å². The second-order valence-electron chi connectivity index (χ2n) is 3.63. The Morgan fingerprint density at radius 2 is 1.94 bits per heavy atom. The van der Waals surface area contributed by atoms with Crippen molar-refractivity contribution in [2.24, 2.45) is 0 Å². The molecule has 1 atom stereocenters. The fraction of sp³-hybridized carbons (Fsp3) is 0.167. The van der Waals surface area contributed by atoms with Crippen LogP contribution in [0.2, 0.25) is 0 Å². The van der Waals surface area contributed by atoms with Crippen LogP contribution >= 0.6 is 27.5 Å². The summed E-state index contributed by atoms with van der Waals surface area (Å²) in [5, 5.41) is -0.777. The molecular formula is C12H8BrClF2O. The summed E-state index contributed by atoms with van der Waals surface area (Å²) in [7, 11) is 0. The van der Waals surface area contributed by atoms with Crippen molar-refractivity contribution in [2.45, 2.75) is 12.3 Å². The van der Waals surface area contributed by atoms with E-state index in [1.165, 1.54) is 6.07 Å². The zero-order valence-corrected chi connectivity index (χ0v) is 11.1. The Kier molecular flexibility index (Phi) is 3.54. The molecule has 0 saturated heterocycles. The number of hydrogen-bond acceptors (Lipinski definition) is 1. The van der Waals surface area contributed by atoms with Crippen molar-refractivity contribution in [3.05, 3.63) is 57.5 Å². The van der Waals surface area contributed by atoms with E-state index in [4.69, 9.17) is 16.0 Å². The molecule has 1 aromatic carbocycles. The number of alkyl halides is 1. The molecule has 1 nitrogen and oxygen atoms in total. The molecule has 90 valence electrons. The van der Waals surface area contributed by atoms with Crippen LogP contribution in [0.25, 0.3) is 0 Å². The molecule has 1 unspecified atom stereocenters. The highest BCUT2D eigenvalue weighted by Gasteiger charge is 2.20.